The molecule has 1 aromatic heterocycles. The minimum absolute atomic E-state index is 0.294. The van der Waals surface area contributed by atoms with E-state index in [0.717, 1.165) is 12.8 Å². The van der Waals surface area contributed by atoms with Crippen LogP contribution in [0.4, 0.5) is 6.01 Å². The molecule has 116 valence electrons. The van der Waals surface area contributed by atoms with E-state index in [2.05, 4.69) is 4.98 Å². The number of carboxylic acids is 1. The first-order chi connectivity index (χ1) is 10.5. The average molecular weight is 304 g/mol. The van der Waals surface area contributed by atoms with E-state index in [4.69, 9.17) is 9.15 Å². The maximum absolute atomic E-state index is 11.4. The Bertz CT molecular complexity index is 724. The Balaban J connectivity index is 1.93. The van der Waals surface area contributed by atoms with E-state index in [1.165, 1.54) is 6.92 Å². The lowest BCUT2D eigenvalue weighted by atomic mass is 10.0. The molecule has 7 nitrogen and oxygen atoms in total. The van der Waals surface area contributed by atoms with Gasteiger partial charge >= 0.3 is 11.9 Å². The number of benzene rings is 1. The van der Waals surface area contributed by atoms with Gasteiger partial charge in [0.25, 0.3) is 6.01 Å². The van der Waals surface area contributed by atoms with Crippen LogP contribution in [0.25, 0.3) is 11.1 Å². The predicted octanol–water partition coefficient (Wildman–Crippen LogP) is 2.20. The second kappa shape index (κ2) is 5.67. The van der Waals surface area contributed by atoms with Crippen molar-refractivity contribution in [2.45, 2.75) is 32.2 Å². The smallest absolute Gasteiger partial charge is 0.326 e. The highest BCUT2D eigenvalue weighted by Crippen LogP contribution is 2.29. The summed E-state index contributed by atoms with van der Waals surface area (Å²) >= 11 is 0. The number of rotatable bonds is 3. The van der Waals surface area contributed by atoms with Gasteiger partial charge in [-0.2, -0.15) is 4.98 Å². The summed E-state index contributed by atoms with van der Waals surface area (Å²) < 4.78 is 10.7. The number of esters is 1. The molecule has 0 amide bonds. The van der Waals surface area contributed by atoms with Crippen molar-refractivity contribution in [3.63, 3.8) is 0 Å². The van der Waals surface area contributed by atoms with Gasteiger partial charge in [0.05, 0.1) is 0 Å². The maximum Gasteiger partial charge on any atom is 0.326 e. The molecule has 3 rings (SSSR count). The van der Waals surface area contributed by atoms with Crippen LogP contribution in [-0.2, 0) is 9.59 Å². The van der Waals surface area contributed by atoms with Crippen LogP contribution < -0.4 is 9.64 Å². The number of aromatic nitrogens is 1. The van der Waals surface area contributed by atoms with E-state index < -0.39 is 18.0 Å². The van der Waals surface area contributed by atoms with Crippen molar-refractivity contribution >= 4 is 29.1 Å². The van der Waals surface area contributed by atoms with E-state index in [-0.39, 0.29) is 0 Å². The topological polar surface area (TPSA) is 92.9 Å². The lowest BCUT2D eigenvalue weighted by Gasteiger charge is -2.31. The third kappa shape index (κ3) is 2.74. The van der Waals surface area contributed by atoms with Gasteiger partial charge in [0.2, 0.25) is 0 Å². The van der Waals surface area contributed by atoms with Crippen LogP contribution in [0.5, 0.6) is 5.75 Å². The van der Waals surface area contributed by atoms with Crippen LogP contribution in [0.3, 0.4) is 0 Å². The Morgan fingerprint density at radius 2 is 2.23 bits per heavy atom. The van der Waals surface area contributed by atoms with Gasteiger partial charge in [-0.1, -0.05) is 0 Å². The summed E-state index contributed by atoms with van der Waals surface area (Å²) in [6, 6.07) is 4.56. The van der Waals surface area contributed by atoms with Crippen molar-refractivity contribution in [3.8, 4) is 5.75 Å². The molecule has 22 heavy (non-hydrogen) atoms. The largest absolute Gasteiger partial charge is 0.480 e. The lowest BCUT2D eigenvalue weighted by molar-refractivity contribution is -0.139. The summed E-state index contributed by atoms with van der Waals surface area (Å²) in [5.41, 5.74) is 1.06. The van der Waals surface area contributed by atoms with Gasteiger partial charge in [-0.05, 0) is 31.4 Å². The third-order valence-electron chi connectivity index (χ3n) is 3.64. The molecule has 2 heterocycles. The first kappa shape index (κ1) is 14.4. The minimum atomic E-state index is -0.873. The molecule has 0 saturated carbocycles. The molecule has 0 bridgehead atoms. The average Bonchev–Trinajstić information content (AvgIpc) is 2.89. The molecule has 1 saturated heterocycles. The summed E-state index contributed by atoms with van der Waals surface area (Å²) in [6.07, 6.45) is 2.36. The maximum atomic E-state index is 11.4. The molecular formula is C15H16N2O5. The van der Waals surface area contributed by atoms with E-state index in [1.54, 1.807) is 23.1 Å². The molecule has 1 unspecified atom stereocenters. The molecular weight excluding hydrogens is 288 g/mol. The number of carboxylic acid groups (broad SMARTS) is 1. The van der Waals surface area contributed by atoms with Crippen molar-refractivity contribution in [2.75, 3.05) is 11.4 Å². The number of nitrogens with zero attached hydrogens (tertiary/aromatic N) is 2. The molecule has 1 fully saturated rings. The van der Waals surface area contributed by atoms with Crippen LogP contribution in [0, 0.1) is 0 Å². The fourth-order valence-electron chi connectivity index (χ4n) is 2.66. The summed E-state index contributed by atoms with van der Waals surface area (Å²) in [5.74, 6) is -0.917. The van der Waals surface area contributed by atoms with E-state index >= 15 is 0 Å². The van der Waals surface area contributed by atoms with Gasteiger partial charge < -0.3 is 19.2 Å². The van der Waals surface area contributed by atoms with E-state index in [9.17, 15) is 14.7 Å². The SMILES string of the molecule is CC(=O)Oc1ccc2nc(N3CCCCC3C(=O)O)oc2c1. The van der Waals surface area contributed by atoms with Crippen LogP contribution >= 0.6 is 0 Å². The quantitative estimate of drug-likeness (QED) is 0.686. The first-order valence-electron chi connectivity index (χ1n) is 7.13. The molecule has 1 aliphatic heterocycles. The molecule has 1 aliphatic rings. The second-order valence-corrected chi connectivity index (χ2v) is 5.26. The van der Waals surface area contributed by atoms with Crippen LogP contribution in [0.15, 0.2) is 22.6 Å². The van der Waals surface area contributed by atoms with Gasteiger partial charge in [0.1, 0.15) is 17.3 Å². The number of piperidine rings is 1. The van der Waals surface area contributed by atoms with E-state index in [1.807, 2.05) is 0 Å². The zero-order valence-corrected chi connectivity index (χ0v) is 12.1. The van der Waals surface area contributed by atoms with Crippen molar-refractivity contribution in [1.29, 1.82) is 0 Å². The van der Waals surface area contributed by atoms with Gasteiger partial charge in [-0.3, -0.25) is 4.79 Å². The van der Waals surface area contributed by atoms with Crippen molar-refractivity contribution in [2.24, 2.45) is 0 Å². The Labute approximate surface area is 126 Å². The normalized spacial score (nSPS) is 18.4. The highest BCUT2D eigenvalue weighted by atomic mass is 16.5. The molecule has 1 aromatic carbocycles. The van der Waals surface area contributed by atoms with Crippen LogP contribution in [0.1, 0.15) is 26.2 Å². The van der Waals surface area contributed by atoms with Gasteiger partial charge in [-0.15, -0.1) is 0 Å². The minimum Gasteiger partial charge on any atom is -0.480 e. The standard InChI is InChI=1S/C15H16N2O5/c1-9(18)21-10-5-6-11-13(8-10)22-15(16-11)17-7-3-2-4-12(17)14(19)20/h5-6,8,12H,2-4,7H2,1H3,(H,19,20). The Morgan fingerprint density at radius 1 is 1.41 bits per heavy atom. The molecule has 7 heteroatoms. The summed E-state index contributed by atoms with van der Waals surface area (Å²) in [6.45, 7) is 1.92. The molecule has 0 spiro atoms. The first-order valence-corrected chi connectivity index (χ1v) is 7.13. The number of carbonyl (C=O) groups is 2. The number of fused-ring (bicyclic) bond motifs is 1. The highest BCUT2D eigenvalue weighted by molar-refractivity contribution is 5.80. The number of hydrogen-bond acceptors (Lipinski definition) is 6. The van der Waals surface area contributed by atoms with Gasteiger partial charge in [-0.25, -0.2) is 4.79 Å². The number of anilines is 1. The number of oxazole rings is 1. The van der Waals surface area contributed by atoms with Crippen molar-refractivity contribution < 1.29 is 23.8 Å². The molecule has 0 radical (unpaired) electrons. The van der Waals surface area contributed by atoms with Crippen molar-refractivity contribution in [3.05, 3.63) is 18.2 Å². The Kier molecular flexibility index (Phi) is 3.70. The number of carbonyl (C=O) groups excluding carboxylic acids is 1. The third-order valence-corrected chi connectivity index (χ3v) is 3.64. The molecule has 2 aromatic rings. The summed E-state index contributed by atoms with van der Waals surface area (Å²) in [4.78, 5) is 28.4. The highest BCUT2D eigenvalue weighted by Gasteiger charge is 2.31. The summed E-state index contributed by atoms with van der Waals surface area (Å²) in [5, 5.41) is 9.32. The Hall–Kier alpha value is -2.57. The fourth-order valence-corrected chi connectivity index (χ4v) is 2.66. The lowest BCUT2D eigenvalue weighted by Crippen LogP contribution is -2.44. The van der Waals surface area contributed by atoms with E-state index in [0.29, 0.717) is 35.8 Å². The number of aliphatic carboxylic acids is 1. The predicted molar refractivity (Wildman–Crippen MR) is 77.9 cm³/mol. The second-order valence-electron chi connectivity index (χ2n) is 5.26. The molecule has 1 atom stereocenters. The fraction of sp³-hybridized carbons (Fsp3) is 0.400. The zero-order chi connectivity index (χ0) is 15.7. The Morgan fingerprint density at radius 3 is 2.95 bits per heavy atom. The summed E-state index contributed by atoms with van der Waals surface area (Å²) in [7, 11) is 0. The number of hydrogen-bond donors (Lipinski definition) is 1. The van der Waals surface area contributed by atoms with Gasteiger partial charge in [0.15, 0.2) is 5.58 Å². The number of ether oxygens (including phenoxy) is 1. The van der Waals surface area contributed by atoms with Crippen molar-refractivity contribution in [1.82, 2.24) is 4.98 Å². The molecule has 1 N–H and O–H groups in total. The van der Waals surface area contributed by atoms with Gasteiger partial charge in [0, 0.05) is 19.5 Å². The van der Waals surface area contributed by atoms with Crippen LogP contribution in [0.2, 0.25) is 0 Å². The monoisotopic (exact) mass is 304 g/mol. The zero-order valence-electron chi connectivity index (χ0n) is 12.1. The molecule has 0 aliphatic carbocycles. The van der Waals surface area contributed by atoms with Crippen LogP contribution in [-0.4, -0.2) is 34.6 Å².